The molecule has 0 aliphatic carbocycles. The van der Waals surface area contributed by atoms with E-state index in [1.165, 1.54) is 6.92 Å². The summed E-state index contributed by atoms with van der Waals surface area (Å²) in [4.78, 5) is 18.3. The quantitative estimate of drug-likeness (QED) is 0.506. The molecule has 0 amide bonds. The van der Waals surface area contributed by atoms with Gasteiger partial charge in [-0.3, -0.25) is 15.5 Å². The summed E-state index contributed by atoms with van der Waals surface area (Å²) >= 11 is 6.01. The molecule has 1 aromatic heterocycles. The molecule has 2 aromatic rings. The van der Waals surface area contributed by atoms with Gasteiger partial charge in [-0.2, -0.15) is 4.98 Å². The second kappa shape index (κ2) is 5.90. The molecule has 2 rings (SSSR count). The van der Waals surface area contributed by atoms with Crippen molar-refractivity contribution in [1.29, 1.82) is 0 Å². The molecule has 3 N–H and O–H groups in total. The average Bonchev–Trinajstić information content (AvgIpc) is 2.41. The summed E-state index contributed by atoms with van der Waals surface area (Å²) in [7, 11) is 0. The maximum atomic E-state index is 11.1. The molecule has 0 radical (unpaired) electrons. The predicted octanol–water partition coefficient (Wildman–Crippen LogP) is 2.73. The third kappa shape index (κ3) is 3.18. The summed E-state index contributed by atoms with van der Waals surface area (Å²) in [5.74, 6) is 5.28. The van der Waals surface area contributed by atoms with Crippen LogP contribution in [0.1, 0.15) is 11.3 Å². The molecule has 0 unspecified atom stereocenters. The van der Waals surface area contributed by atoms with Crippen LogP contribution < -0.4 is 16.0 Å². The van der Waals surface area contributed by atoms with Gasteiger partial charge in [0.25, 0.3) is 0 Å². The molecule has 0 fully saturated rings. The standard InChI is InChI=1S/C12H12ClN5O3/c1-6-3-4-8(13)9(5-6)21-11-10(18(19)20)7(2)15-12(16-11)17-14/h3-5H,14H2,1-2H3,(H,15,16,17). The van der Waals surface area contributed by atoms with Gasteiger partial charge in [-0.25, -0.2) is 10.8 Å². The molecule has 0 saturated heterocycles. The Morgan fingerprint density at radius 3 is 2.71 bits per heavy atom. The van der Waals surface area contributed by atoms with Crippen molar-refractivity contribution in [2.24, 2.45) is 5.84 Å². The summed E-state index contributed by atoms with van der Waals surface area (Å²) in [6.45, 7) is 3.31. The molecule has 8 nitrogen and oxygen atoms in total. The van der Waals surface area contributed by atoms with Gasteiger partial charge in [0.05, 0.1) is 9.95 Å². The van der Waals surface area contributed by atoms with Crippen LogP contribution in [0, 0.1) is 24.0 Å². The van der Waals surface area contributed by atoms with Crippen LogP contribution >= 0.6 is 11.6 Å². The minimum atomic E-state index is -0.616. The van der Waals surface area contributed by atoms with Gasteiger partial charge in [0.2, 0.25) is 5.95 Å². The van der Waals surface area contributed by atoms with Crippen molar-refractivity contribution < 1.29 is 9.66 Å². The molecule has 0 atom stereocenters. The number of ether oxygens (including phenoxy) is 1. The predicted molar refractivity (Wildman–Crippen MR) is 77.5 cm³/mol. The van der Waals surface area contributed by atoms with Crippen LogP contribution in [-0.2, 0) is 0 Å². The first-order valence-electron chi connectivity index (χ1n) is 5.86. The second-order valence-electron chi connectivity index (χ2n) is 4.22. The summed E-state index contributed by atoms with van der Waals surface area (Å²) in [6, 6.07) is 5.08. The normalized spacial score (nSPS) is 10.3. The Labute approximate surface area is 125 Å². The van der Waals surface area contributed by atoms with Gasteiger partial charge >= 0.3 is 11.6 Å². The van der Waals surface area contributed by atoms with Crippen LogP contribution in [0.2, 0.25) is 5.02 Å². The average molecular weight is 310 g/mol. The summed E-state index contributed by atoms with van der Waals surface area (Å²) in [5.41, 5.74) is 2.90. The van der Waals surface area contributed by atoms with Crippen LogP contribution in [0.15, 0.2) is 18.2 Å². The van der Waals surface area contributed by atoms with Crippen LogP contribution in [0.4, 0.5) is 11.6 Å². The molecular weight excluding hydrogens is 298 g/mol. The van der Waals surface area contributed by atoms with Gasteiger partial charge in [0.15, 0.2) is 0 Å². The number of anilines is 1. The number of nitrogens with zero attached hydrogens (tertiary/aromatic N) is 3. The first-order valence-corrected chi connectivity index (χ1v) is 6.24. The molecule has 0 spiro atoms. The zero-order valence-electron chi connectivity index (χ0n) is 11.3. The topological polar surface area (TPSA) is 116 Å². The highest BCUT2D eigenvalue weighted by Gasteiger charge is 2.24. The number of hydrogen-bond donors (Lipinski definition) is 2. The first kappa shape index (κ1) is 14.9. The number of rotatable bonds is 4. The van der Waals surface area contributed by atoms with Crippen LogP contribution in [0.5, 0.6) is 11.6 Å². The van der Waals surface area contributed by atoms with E-state index < -0.39 is 4.92 Å². The Kier molecular flexibility index (Phi) is 4.20. The highest BCUT2D eigenvalue weighted by molar-refractivity contribution is 6.32. The van der Waals surface area contributed by atoms with Gasteiger partial charge < -0.3 is 4.74 Å². The number of aromatic nitrogens is 2. The fourth-order valence-electron chi connectivity index (χ4n) is 1.68. The smallest absolute Gasteiger partial charge is 0.352 e. The highest BCUT2D eigenvalue weighted by Crippen LogP contribution is 2.35. The highest BCUT2D eigenvalue weighted by atomic mass is 35.5. The number of benzene rings is 1. The number of nitro groups is 1. The van der Waals surface area contributed by atoms with E-state index in [2.05, 4.69) is 15.4 Å². The van der Waals surface area contributed by atoms with E-state index in [0.29, 0.717) is 5.02 Å². The van der Waals surface area contributed by atoms with Gasteiger partial charge in [-0.15, -0.1) is 0 Å². The fraction of sp³-hybridized carbons (Fsp3) is 0.167. The molecule has 0 aliphatic heterocycles. The number of aryl methyl sites for hydroxylation is 2. The van der Waals surface area contributed by atoms with Crippen LogP contribution in [-0.4, -0.2) is 14.9 Å². The molecule has 110 valence electrons. The van der Waals surface area contributed by atoms with E-state index in [1.54, 1.807) is 18.2 Å². The lowest BCUT2D eigenvalue weighted by molar-refractivity contribution is -0.386. The van der Waals surface area contributed by atoms with E-state index in [-0.39, 0.29) is 29.0 Å². The van der Waals surface area contributed by atoms with Crippen molar-refractivity contribution in [2.75, 3.05) is 5.43 Å². The number of nitrogens with two attached hydrogens (primary N) is 1. The molecule has 0 aliphatic rings. The molecule has 1 heterocycles. The van der Waals surface area contributed by atoms with Crippen LogP contribution in [0.3, 0.4) is 0 Å². The van der Waals surface area contributed by atoms with Gasteiger partial charge in [0.1, 0.15) is 11.4 Å². The zero-order valence-corrected chi connectivity index (χ0v) is 12.0. The summed E-state index contributed by atoms with van der Waals surface area (Å²) in [6.07, 6.45) is 0. The van der Waals surface area contributed by atoms with Crippen molar-refractivity contribution in [3.05, 3.63) is 44.6 Å². The maximum absolute atomic E-state index is 11.1. The Morgan fingerprint density at radius 1 is 1.38 bits per heavy atom. The number of hydrogen-bond acceptors (Lipinski definition) is 7. The summed E-state index contributed by atoms with van der Waals surface area (Å²) in [5, 5.41) is 11.5. The number of nitrogen functional groups attached to an aromatic ring is 1. The molecular formula is C12H12ClN5O3. The van der Waals surface area contributed by atoms with Crippen molar-refractivity contribution in [2.45, 2.75) is 13.8 Å². The van der Waals surface area contributed by atoms with Crippen molar-refractivity contribution in [3.8, 4) is 11.6 Å². The lowest BCUT2D eigenvalue weighted by atomic mass is 10.2. The number of halogens is 1. The monoisotopic (exact) mass is 309 g/mol. The summed E-state index contributed by atoms with van der Waals surface area (Å²) < 4.78 is 5.49. The lowest BCUT2D eigenvalue weighted by Gasteiger charge is -2.10. The minimum absolute atomic E-state index is 0.0110. The molecule has 0 saturated carbocycles. The Hall–Kier alpha value is -2.45. The van der Waals surface area contributed by atoms with E-state index in [4.69, 9.17) is 22.2 Å². The molecule has 9 heteroatoms. The van der Waals surface area contributed by atoms with Crippen LogP contribution in [0.25, 0.3) is 0 Å². The minimum Gasteiger partial charge on any atom is -0.432 e. The Bertz CT molecular complexity index is 708. The van der Waals surface area contributed by atoms with Gasteiger partial charge in [-0.05, 0) is 31.5 Å². The van der Waals surface area contributed by atoms with E-state index in [1.807, 2.05) is 6.92 Å². The Morgan fingerprint density at radius 2 is 2.10 bits per heavy atom. The molecule has 21 heavy (non-hydrogen) atoms. The second-order valence-corrected chi connectivity index (χ2v) is 4.63. The molecule has 1 aromatic carbocycles. The van der Waals surface area contributed by atoms with E-state index in [0.717, 1.165) is 5.56 Å². The fourth-order valence-corrected chi connectivity index (χ4v) is 1.84. The van der Waals surface area contributed by atoms with E-state index in [9.17, 15) is 10.1 Å². The Balaban J connectivity index is 2.54. The van der Waals surface area contributed by atoms with Gasteiger partial charge in [-0.1, -0.05) is 17.7 Å². The first-order chi connectivity index (χ1) is 9.92. The largest absolute Gasteiger partial charge is 0.432 e. The third-order valence-corrected chi connectivity index (χ3v) is 2.94. The zero-order chi connectivity index (χ0) is 15.6. The molecule has 0 bridgehead atoms. The SMILES string of the molecule is Cc1ccc(Cl)c(Oc2nc(NN)nc(C)c2[N+](=O)[O-])c1. The van der Waals surface area contributed by atoms with Crippen molar-refractivity contribution in [3.63, 3.8) is 0 Å². The third-order valence-electron chi connectivity index (χ3n) is 2.63. The van der Waals surface area contributed by atoms with Gasteiger partial charge in [0, 0.05) is 0 Å². The van der Waals surface area contributed by atoms with E-state index >= 15 is 0 Å². The number of nitrogens with one attached hydrogen (secondary N) is 1. The van der Waals surface area contributed by atoms with Crippen molar-refractivity contribution in [1.82, 2.24) is 9.97 Å². The lowest BCUT2D eigenvalue weighted by Crippen LogP contribution is -2.12. The van der Waals surface area contributed by atoms with Crippen molar-refractivity contribution >= 4 is 23.2 Å². The maximum Gasteiger partial charge on any atom is 0.352 e. The number of hydrazine groups is 1.